The quantitative estimate of drug-likeness (QED) is 0.628. The van der Waals surface area contributed by atoms with E-state index in [-0.39, 0.29) is 24.7 Å². The van der Waals surface area contributed by atoms with Gasteiger partial charge in [-0.25, -0.2) is 4.39 Å². The van der Waals surface area contributed by atoms with Gasteiger partial charge in [0.2, 0.25) is 0 Å². The smallest absolute Gasteiger partial charge is 0.311 e. The van der Waals surface area contributed by atoms with E-state index in [0.717, 1.165) is 18.2 Å². The van der Waals surface area contributed by atoms with Crippen molar-refractivity contribution in [1.82, 2.24) is 0 Å². The number of aliphatic hydroxyl groups excluding tert-OH is 1. The van der Waals surface area contributed by atoms with Crippen molar-refractivity contribution in [3.05, 3.63) is 64.5 Å². The molecule has 1 unspecified atom stereocenters. The van der Waals surface area contributed by atoms with E-state index in [9.17, 15) is 19.6 Å². The maximum Gasteiger partial charge on any atom is 0.311 e. The highest BCUT2D eigenvalue weighted by Gasteiger charge is 2.17. The van der Waals surface area contributed by atoms with Crippen molar-refractivity contribution in [2.24, 2.45) is 0 Å². The monoisotopic (exact) mass is 307 g/mol. The van der Waals surface area contributed by atoms with Crippen LogP contribution in [0.5, 0.6) is 11.5 Å². The highest BCUT2D eigenvalue weighted by atomic mass is 19.1. The van der Waals surface area contributed by atoms with Crippen LogP contribution in [0.25, 0.3) is 0 Å². The zero-order valence-electron chi connectivity index (χ0n) is 11.5. The number of aliphatic hydroxyl groups is 1. The summed E-state index contributed by atoms with van der Waals surface area (Å²) in [5.74, 6) is -0.308. The molecule has 2 aromatic carbocycles. The molecule has 7 heteroatoms. The molecule has 0 saturated heterocycles. The molecular formula is C15H14FNO5. The minimum Gasteiger partial charge on any atom is -0.491 e. The predicted octanol–water partition coefficient (Wildman–Crippen LogP) is 2.55. The largest absolute Gasteiger partial charge is 0.491 e. The van der Waals surface area contributed by atoms with E-state index in [4.69, 9.17) is 9.47 Å². The number of rotatable bonds is 7. The Morgan fingerprint density at radius 3 is 2.50 bits per heavy atom. The van der Waals surface area contributed by atoms with Crippen LogP contribution in [-0.4, -0.2) is 29.3 Å². The number of hydrogen-bond donors (Lipinski definition) is 1. The third kappa shape index (κ3) is 4.42. The van der Waals surface area contributed by atoms with Crippen LogP contribution in [0.15, 0.2) is 48.5 Å². The Morgan fingerprint density at radius 1 is 1.14 bits per heavy atom. The number of hydrogen-bond acceptors (Lipinski definition) is 5. The lowest BCUT2D eigenvalue weighted by atomic mass is 10.3. The van der Waals surface area contributed by atoms with Gasteiger partial charge in [0, 0.05) is 12.1 Å². The van der Waals surface area contributed by atoms with Gasteiger partial charge in [0.1, 0.15) is 30.9 Å². The summed E-state index contributed by atoms with van der Waals surface area (Å²) in [6, 6.07) is 11.7. The molecule has 6 nitrogen and oxygen atoms in total. The minimum atomic E-state index is -1.01. The zero-order valence-corrected chi connectivity index (χ0v) is 11.5. The average molecular weight is 307 g/mol. The van der Waals surface area contributed by atoms with Crippen molar-refractivity contribution in [3.63, 3.8) is 0 Å². The lowest BCUT2D eigenvalue weighted by Crippen LogP contribution is -2.25. The Balaban J connectivity index is 1.89. The first-order chi connectivity index (χ1) is 10.6. The molecule has 0 amide bonds. The second-order valence-corrected chi connectivity index (χ2v) is 4.46. The number of para-hydroxylation sites is 1. The molecule has 1 atom stereocenters. The summed E-state index contributed by atoms with van der Waals surface area (Å²) in [5, 5.41) is 20.6. The molecular weight excluding hydrogens is 293 g/mol. The first-order valence-corrected chi connectivity index (χ1v) is 6.49. The maximum absolute atomic E-state index is 13.1. The van der Waals surface area contributed by atoms with Crippen molar-refractivity contribution in [2.45, 2.75) is 6.10 Å². The molecule has 0 saturated carbocycles. The second kappa shape index (κ2) is 7.37. The van der Waals surface area contributed by atoms with Crippen molar-refractivity contribution >= 4 is 5.69 Å². The molecule has 0 spiro atoms. The molecule has 2 rings (SSSR count). The molecule has 22 heavy (non-hydrogen) atoms. The van der Waals surface area contributed by atoms with E-state index in [2.05, 4.69) is 0 Å². The summed E-state index contributed by atoms with van der Waals surface area (Å²) in [4.78, 5) is 10.1. The van der Waals surface area contributed by atoms with E-state index < -0.39 is 16.8 Å². The topological polar surface area (TPSA) is 81.8 Å². The van der Waals surface area contributed by atoms with Gasteiger partial charge in [-0.05, 0) is 18.2 Å². The van der Waals surface area contributed by atoms with E-state index in [1.165, 1.54) is 0 Å². The van der Waals surface area contributed by atoms with Crippen LogP contribution < -0.4 is 9.47 Å². The van der Waals surface area contributed by atoms with Crippen LogP contribution in [0.1, 0.15) is 0 Å². The van der Waals surface area contributed by atoms with E-state index in [0.29, 0.717) is 5.75 Å². The third-order valence-corrected chi connectivity index (χ3v) is 2.74. The summed E-state index contributed by atoms with van der Waals surface area (Å²) >= 11 is 0. The second-order valence-electron chi connectivity index (χ2n) is 4.46. The molecule has 0 bridgehead atoms. The number of benzene rings is 2. The first-order valence-electron chi connectivity index (χ1n) is 6.49. The lowest BCUT2D eigenvalue weighted by molar-refractivity contribution is -0.386. The molecule has 2 aromatic rings. The maximum atomic E-state index is 13.1. The van der Waals surface area contributed by atoms with Crippen molar-refractivity contribution in [3.8, 4) is 11.5 Å². The molecule has 1 N–H and O–H groups in total. The Hall–Kier alpha value is -2.67. The summed E-state index contributed by atoms with van der Waals surface area (Å²) in [5.41, 5.74) is -0.363. The summed E-state index contributed by atoms with van der Waals surface area (Å²) in [7, 11) is 0. The van der Waals surface area contributed by atoms with E-state index >= 15 is 0 Å². The number of ether oxygens (including phenoxy) is 2. The Bertz CT molecular complexity index is 635. The van der Waals surface area contributed by atoms with Gasteiger partial charge in [-0.3, -0.25) is 10.1 Å². The number of halogens is 1. The normalized spacial score (nSPS) is 11.7. The molecule has 0 radical (unpaired) electrons. The van der Waals surface area contributed by atoms with Crippen LogP contribution in [0, 0.1) is 15.9 Å². The third-order valence-electron chi connectivity index (χ3n) is 2.74. The highest BCUT2D eigenvalue weighted by molar-refractivity contribution is 5.46. The van der Waals surface area contributed by atoms with Crippen LogP contribution >= 0.6 is 0 Å². The summed E-state index contributed by atoms with van der Waals surface area (Å²) < 4.78 is 23.6. The van der Waals surface area contributed by atoms with Crippen LogP contribution in [-0.2, 0) is 0 Å². The van der Waals surface area contributed by atoms with Crippen molar-refractivity contribution < 1.29 is 23.9 Å². The van der Waals surface area contributed by atoms with Crippen molar-refractivity contribution in [1.29, 1.82) is 0 Å². The summed E-state index contributed by atoms with van der Waals surface area (Å²) in [6.07, 6.45) is -1.01. The first kappa shape index (κ1) is 15.7. The average Bonchev–Trinajstić information content (AvgIpc) is 2.51. The van der Waals surface area contributed by atoms with E-state index in [1.54, 1.807) is 24.3 Å². The van der Waals surface area contributed by atoms with Crippen LogP contribution in [0.2, 0.25) is 0 Å². The van der Waals surface area contributed by atoms with Gasteiger partial charge in [-0.1, -0.05) is 18.2 Å². The van der Waals surface area contributed by atoms with Gasteiger partial charge in [-0.15, -0.1) is 0 Å². The Morgan fingerprint density at radius 2 is 1.82 bits per heavy atom. The zero-order chi connectivity index (χ0) is 15.9. The molecule has 0 heterocycles. The lowest BCUT2D eigenvalue weighted by Gasteiger charge is -2.13. The minimum absolute atomic E-state index is 0.0485. The molecule has 0 aromatic heterocycles. The number of nitro benzene ring substituents is 1. The van der Waals surface area contributed by atoms with Gasteiger partial charge in [0.05, 0.1) is 4.92 Å². The van der Waals surface area contributed by atoms with Crippen LogP contribution in [0.3, 0.4) is 0 Å². The van der Waals surface area contributed by atoms with Gasteiger partial charge in [0.25, 0.3) is 0 Å². The number of nitrogens with zero attached hydrogens (tertiary/aromatic N) is 1. The van der Waals surface area contributed by atoms with E-state index in [1.807, 2.05) is 6.07 Å². The number of nitro groups is 1. The molecule has 0 aliphatic rings. The fraction of sp³-hybridized carbons (Fsp3) is 0.200. The van der Waals surface area contributed by atoms with Crippen LogP contribution in [0.4, 0.5) is 10.1 Å². The predicted molar refractivity (Wildman–Crippen MR) is 76.5 cm³/mol. The molecule has 0 fully saturated rings. The molecule has 116 valence electrons. The van der Waals surface area contributed by atoms with Gasteiger partial charge in [-0.2, -0.15) is 0 Å². The van der Waals surface area contributed by atoms with Gasteiger partial charge >= 0.3 is 5.69 Å². The van der Waals surface area contributed by atoms with Crippen molar-refractivity contribution in [2.75, 3.05) is 13.2 Å². The fourth-order valence-corrected chi connectivity index (χ4v) is 1.70. The highest BCUT2D eigenvalue weighted by Crippen LogP contribution is 2.27. The fourth-order valence-electron chi connectivity index (χ4n) is 1.70. The SMILES string of the molecule is O=[N+]([O-])c1ccc(F)cc1OCC(O)COc1ccccc1. The Labute approximate surface area is 125 Å². The molecule has 0 aliphatic heterocycles. The van der Waals surface area contributed by atoms with Gasteiger partial charge in [0.15, 0.2) is 5.75 Å². The van der Waals surface area contributed by atoms with Gasteiger partial charge < -0.3 is 14.6 Å². The summed E-state index contributed by atoms with van der Waals surface area (Å²) in [6.45, 7) is -0.301. The Kier molecular flexibility index (Phi) is 5.26. The standard InChI is InChI=1S/C15H14FNO5/c16-11-6-7-14(17(19)20)15(8-11)22-10-12(18)9-21-13-4-2-1-3-5-13/h1-8,12,18H,9-10H2. The molecule has 0 aliphatic carbocycles.